The Hall–Kier alpha value is -1.79. The quantitative estimate of drug-likeness (QED) is 0.770. The lowest BCUT2D eigenvalue weighted by molar-refractivity contribution is -0.132. The molecule has 0 saturated carbocycles. The van der Waals surface area contributed by atoms with Crippen LogP contribution < -0.4 is 10.6 Å². The standard InChI is InChI=1S/C13H25N3O4/c1-9(15-12(19)20-13(2,3)4)11(18)16(6)8-7-10(17)14-5/h9H,7-8H2,1-6H3,(H,14,17)(H,15,19)/t9-/m0/s1. The summed E-state index contributed by atoms with van der Waals surface area (Å²) in [6, 6.07) is -0.709. The molecular formula is C13H25N3O4. The number of alkyl carbamates (subject to hydrolysis) is 1. The van der Waals surface area contributed by atoms with Crippen molar-refractivity contribution < 1.29 is 19.1 Å². The zero-order valence-electron chi connectivity index (χ0n) is 13.1. The second-order valence-corrected chi connectivity index (χ2v) is 5.55. The molecule has 7 heteroatoms. The summed E-state index contributed by atoms with van der Waals surface area (Å²) in [7, 11) is 3.12. The van der Waals surface area contributed by atoms with Crippen molar-refractivity contribution in [3.63, 3.8) is 0 Å². The number of carbonyl (C=O) groups excluding carboxylic acids is 3. The maximum Gasteiger partial charge on any atom is 0.408 e. The van der Waals surface area contributed by atoms with Crippen LogP contribution in [0.1, 0.15) is 34.1 Å². The van der Waals surface area contributed by atoms with E-state index in [1.807, 2.05) is 0 Å². The smallest absolute Gasteiger partial charge is 0.408 e. The van der Waals surface area contributed by atoms with E-state index < -0.39 is 17.7 Å². The molecule has 2 N–H and O–H groups in total. The Balaban J connectivity index is 4.26. The van der Waals surface area contributed by atoms with Crippen molar-refractivity contribution in [2.75, 3.05) is 20.6 Å². The summed E-state index contributed by atoms with van der Waals surface area (Å²) >= 11 is 0. The Morgan fingerprint density at radius 1 is 1.25 bits per heavy atom. The Bertz CT molecular complexity index is 363. The molecule has 7 nitrogen and oxygen atoms in total. The van der Waals surface area contributed by atoms with Gasteiger partial charge in [0.25, 0.3) is 0 Å². The normalized spacial score (nSPS) is 12.3. The SMILES string of the molecule is CNC(=O)CCN(C)C(=O)[C@H](C)NC(=O)OC(C)(C)C. The number of ether oxygens (including phenoxy) is 1. The molecule has 0 saturated heterocycles. The highest BCUT2D eigenvalue weighted by Crippen LogP contribution is 2.07. The maximum absolute atomic E-state index is 12.0. The van der Waals surface area contributed by atoms with Gasteiger partial charge in [-0.05, 0) is 27.7 Å². The first-order chi connectivity index (χ1) is 9.06. The number of carbonyl (C=O) groups is 3. The van der Waals surface area contributed by atoms with E-state index in [2.05, 4.69) is 10.6 Å². The second-order valence-electron chi connectivity index (χ2n) is 5.55. The highest BCUT2D eigenvalue weighted by atomic mass is 16.6. The highest BCUT2D eigenvalue weighted by Gasteiger charge is 2.23. The fourth-order valence-electron chi connectivity index (χ4n) is 1.38. The molecule has 0 heterocycles. The second kappa shape index (κ2) is 7.72. The molecule has 0 aliphatic heterocycles. The molecular weight excluding hydrogens is 262 g/mol. The zero-order chi connectivity index (χ0) is 15.9. The number of likely N-dealkylation sites (N-methyl/N-ethyl adjacent to an activating group) is 1. The van der Waals surface area contributed by atoms with E-state index >= 15 is 0 Å². The van der Waals surface area contributed by atoms with E-state index in [0.29, 0.717) is 6.54 Å². The first-order valence-electron chi connectivity index (χ1n) is 6.52. The minimum atomic E-state index is -0.709. The molecule has 0 aromatic heterocycles. The summed E-state index contributed by atoms with van der Waals surface area (Å²) in [6.07, 6.45) is -0.421. The fourth-order valence-corrected chi connectivity index (χ4v) is 1.38. The van der Waals surface area contributed by atoms with Gasteiger partial charge in [-0.25, -0.2) is 4.79 Å². The molecule has 0 unspecified atom stereocenters. The molecule has 0 aliphatic rings. The van der Waals surface area contributed by atoms with E-state index in [0.717, 1.165) is 0 Å². The molecule has 1 atom stereocenters. The predicted molar refractivity (Wildman–Crippen MR) is 75.2 cm³/mol. The third-order valence-corrected chi connectivity index (χ3v) is 2.43. The highest BCUT2D eigenvalue weighted by molar-refractivity contribution is 5.85. The molecule has 20 heavy (non-hydrogen) atoms. The van der Waals surface area contributed by atoms with E-state index in [9.17, 15) is 14.4 Å². The number of rotatable bonds is 5. The summed E-state index contributed by atoms with van der Waals surface area (Å²) in [4.78, 5) is 36.0. The number of amides is 3. The zero-order valence-corrected chi connectivity index (χ0v) is 13.1. The van der Waals surface area contributed by atoms with Gasteiger partial charge in [0.15, 0.2) is 0 Å². The largest absolute Gasteiger partial charge is 0.444 e. The summed E-state index contributed by atoms with van der Waals surface area (Å²) in [5.41, 5.74) is -0.613. The number of nitrogens with zero attached hydrogens (tertiary/aromatic N) is 1. The third kappa shape index (κ3) is 7.60. The van der Waals surface area contributed by atoms with Crippen LogP contribution in [0.4, 0.5) is 4.79 Å². The van der Waals surface area contributed by atoms with Crippen LogP contribution in [-0.4, -0.2) is 55.1 Å². The van der Waals surface area contributed by atoms with Gasteiger partial charge in [-0.3, -0.25) is 9.59 Å². The summed E-state index contributed by atoms with van der Waals surface area (Å²) < 4.78 is 5.07. The first kappa shape index (κ1) is 18.2. The van der Waals surface area contributed by atoms with Gasteiger partial charge in [-0.15, -0.1) is 0 Å². The van der Waals surface area contributed by atoms with Gasteiger partial charge < -0.3 is 20.3 Å². The third-order valence-electron chi connectivity index (χ3n) is 2.43. The van der Waals surface area contributed by atoms with Gasteiger partial charge in [0.1, 0.15) is 11.6 Å². The topological polar surface area (TPSA) is 87.7 Å². The minimum Gasteiger partial charge on any atom is -0.444 e. The molecule has 0 aromatic rings. The Morgan fingerprint density at radius 2 is 1.80 bits per heavy atom. The summed E-state index contributed by atoms with van der Waals surface area (Å²) in [6.45, 7) is 7.10. The Morgan fingerprint density at radius 3 is 2.25 bits per heavy atom. The van der Waals surface area contributed by atoms with Gasteiger partial charge in [-0.1, -0.05) is 0 Å². The van der Waals surface area contributed by atoms with Crippen molar-refractivity contribution in [1.82, 2.24) is 15.5 Å². The van der Waals surface area contributed by atoms with E-state index in [1.165, 1.54) is 11.9 Å². The summed E-state index contributed by atoms with van der Waals surface area (Å²) in [5.74, 6) is -0.419. The van der Waals surface area contributed by atoms with Gasteiger partial charge in [-0.2, -0.15) is 0 Å². The van der Waals surface area contributed by atoms with Crippen LogP contribution in [0.15, 0.2) is 0 Å². The number of hydrogen-bond acceptors (Lipinski definition) is 4. The van der Waals surface area contributed by atoms with Gasteiger partial charge in [0.2, 0.25) is 11.8 Å². The molecule has 0 spiro atoms. The van der Waals surface area contributed by atoms with Crippen molar-refractivity contribution >= 4 is 17.9 Å². The first-order valence-corrected chi connectivity index (χ1v) is 6.52. The van der Waals surface area contributed by atoms with Gasteiger partial charge in [0.05, 0.1) is 0 Å². The fraction of sp³-hybridized carbons (Fsp3) is 0.769. The van der Waals surface area contributed by atoms with Crippen LogP contribution >= 0.6 is 0 Å². The predicted octanol–water partition coefficient (Wildman–Crippen LogP) is 0.494. The molecule has 0 aromatic carbocycles. The lowest BCUT2D eigenvalue weighted by Crippen LogP contribution is -2.47. The van der Waals surface area contributed by atoms with E-state index in [4.69, 9.17) is 4.74 Å². The molecule has 116 valence electrons. The van der Waals surface area contributed by atoms with Crippen molar-refractivity contribution in [2.45, 2.75) is 45.8 Å². The Labute approximate surface area is 120 Å². The van der Waals surface area contributed by atoms with Crippen molar-refractivity contribution in [3.8, 4) is 0 Å². The van der Waals surface area contributed by atoms with Crippen LogP contribution in [0, 0.1) is 0 Å². The van der Waals surface area contributed by atoms with Crippen LogP contribution in [0.5, 0.6) is 0 Å². The van der Waals surface area contributed by atoms with E-state index in [1.54, 1.807) is 34.7 Å². The van der Waals surface area contributed by atoms with Crippen LogP contribution in [0.25, 0.3) is 0 Å². The van der Waals surface area contributed by atoms with Gasteiger partial charge in [0, 0.05) is 27.1 Å². The van der Waals surface area contributed by atoms with Crippen LogP contribution in [0.3, 0.4) is 0 Å². The van der Waals surface area contributed by atoms with E-state index in [-0.39, 0.29) is 18.2 Å². The number of nitrogens with one attached hydrogen (secondary N) is 2. The van der Waals surface area contributed by atoms with Crippen molar-refractivity contribution in [2.24, 2.45) is 0 Å². The average Bonchev–Trinajstić information content (AvgIpc) is 2.31. The van der Waals surface area contributed by atoms with Crippen LogP contribution in [0.2, 0.25) is 0 Å². The van der Waals surface area contributed by atoms with Crippen LogP contribution in [-0.2, 0) is 14.3 Å². The molecule has 0 rings (SSSR count). The monoisotopic (exact) mass is 287 g/mol. The summed E-state index contributed by atoms with van der Waals surface area (Å²) in [5, 5.41) is 4.95. The molecule has 0 radical (unpaired) electrons. The lowest BCUT2D eigenvalue weighted by Gasteiger charge is -2.24. The molecule has 3 amide bonds. The number of hydrogen-bond donors (Lipinski definition) is 2. The van der Waals surface area contributed by atoms with Crippen molar-refractivity contribution in [3.05, 3.63) is 0 Å². The minimum absolute atomic E-state index is 0.141. The molecule has 0 bridgehead atoms. The molecule has 0 aliphatic carbocycles. The Kier molecular flexibility index (Phi) is 7.02. The van der Waals surface area contributed by atoms with Crippen molar-refractivity contribution in [1.29, 1.82) is 0 Å². The molecule has 0 fully saturated rings. The maximum atomic E-state index is 12.0. The lowest BCUT2D eigenvalue weighted by atomic mass is 10.2. The van der Waals surface area contributed by atoms with Gasteiger partial charge >= 0.3 is 6.09 Å². The average molecular weight is 287 g/mol.